The topological polar surface area (TPSA) is 51.0 Å². The average molecular weight is 322 g/mol. The fraction of sp³-hybridized carbons (Fsp3) is 0.526. The zero-order valence-corrected chi connectivity index (χ0v) is 14.0. The Kier molecular flexibility index (Phi) is 2.91. The second kappa shape index (κ2) is 4.91. The number of nitrogens with zero attached hydrogens (tertiary/aromatic N) is 4. The minimum absolute atomic E-state index is 0.0895. The highest BCUT2D eigenvalue weighted by Crippen LogP contribution is 2.49. The van der Waals surface area contributed by atoms with Crippen LogP contribution in [0.4, 0.5) is 0 Å². The van der Waals surface area contributed by atoms with Crippen LogP contribution in [0.25, 0.3) is 11.4 Å². The molecular weight excluding hydrogens is 300 g/mol. The molecule has 1 saturated carbocycles. The molecule has 2 bridgehead atoms. The van der Waals surface area contributed by atoms with Gasteiger partial charge in [-0.2, -0.15) is 0 Å². The molecule has 1 amide bonds. The van der Waals surface area contributed by atoms with E-state index in [2.05, 4.69) is 38.7 Å². The number of carbonyl (C=O) groups excluding carboxylic acids is 1. The van der Waals surface area contributed by atoms with Crippen LogP contribution in [-0.4, -0.2) is 37.7 Å². The van der Waals surface area contributed by atoms with Gasteiger partial charge in [0.2, 0.25) is 5.91 Å². The third-order valence-corrected chi connectivity index (χ3v) is 6.04. The van der Waals surface area contributed by atoms with Gasteiger partial charge in [0.05, 0.1) is 6.04 Å². The first-order chi connectivity index (χ1) is 11.7. The molecule has 5 rings (SSSR count). The van der Waals surface area contributed by atoms with E-state index in [9.17, 15) is 4.79 Å². The van der Waals surface area contributed by atoms with Crippen LogP contribution in [0.3, 0.4) is 0 Å². The van der Waals surface area contributed by atoms with Gasteiger partial charge in [0.25, 0.3) is 0 Å². The van der Waals surface area contributed by atoms with E-state index in [1.165, 1.54) is 0 Å². The van der Waals surface area contributed by atoms with Crippen LogP contribution in [0, 0.1) is 5.41 Å². The molecular formula is C19H22N4O. The third-order valence-electron chi connectivity index (χ3n) is 6.04. The van der Waals surface area contributed by atoms with Gasteiger partial charge < -0.3 is 9.47 Å². The van der Waals surface area contributed by atoms with Gasteiger partial charge >= 0.3 is 0 Å². The monoisotopic (exact) mass is 322 g/mol. The van der Waals surface area contributed by atoms with Crippen molar-refractivity contribution in [2.24, 2.45) is 5.41 Å². The number of amides is 1. The van der Waals surface area contributed by atoms with Crippen molar-refractivity contribution in [1.29, 1.82) is 0 Å². The summed E-state index contributed by atoms with van der Waals surface area (Å²) in [5.41, 5.74) is 1.01. The molecule has 124 valence electrons. The molecule has 2 aromatic rings. The largest absolute Gasteiger partial charge is 0.334 e. The first kappa shape index (κ1) is 14.2. The molecule has 24 heavy (non-hydrogen) atoms. The average Bonchev–Trinajstić information content (AvgIpc) is 3.11. The second-order valence-electron chi connectivity index (χ2n) is 7.78. The highest BCUT2D eigenvalue weighted by Gasteiger charge is 2.52. The summed E-state index contributed by atoms with van der Waals surface area (Å²) in [7, 11) is 0. The Balaban J connectivity index is 1.51. The van der Waals surface area contributed by atoms with Crippen molar-refractivity contribution in [2.75, 3.05) is 0 Å². The van der Waals surface area contributed by atoms with E-state index in [1.807, 2.05) is 18.2 Å². The quantitative estimate of drug-likeness (QED) is 0.854. The zero-order chi connectivity index (χ0) is 16.3. The SMILES string of the molecule is CC1(C(=O)N2C3CCC2Cn2c(nnc2-c2ccccc2)C3)CC1. The molecule has 3 heterocycles. The number of rotatable bonds is 2. The second-order valence-corrected chi connectivity index (χ2v) is 7.78. The summed E-state index contributed by atoms with van der Waals surface area (Å²) < 4.78 is 2.24. The summed E-state index contributed by atoms with van der Waals surface area (Å²) in [6, 6.07) is 10.8. The molecule has 0 N–H and O–H groups in total. The first-order valence-corrected chi connectivity index (χ1v) is 8.96. The number of fused-ring (bicyclic) bond motifs is 3. The number of carbonyl (C=O) groups is 1. The third kappa shape index (κ3) is 2.03. The van der Waals surface area contributed by atoms with E-state index in [1.54, 1.807) is 0 Å². The van der Waals surface area contributed by atoms with Gasteiger partial charge in [-0.15, -0.1) is 10.2 Å². The molecule has 1 saturated heterocycles. The van der Waals surface area contributed by atoms with Crippen molar-refractivity contribution in [3.05, 3.63) is 36.2 Å². The molecule has 5 heteroatoms. The summed E-state index contributed by atoms with van der Waals surface area (Å²) >= 11 is 0. The Labute approximate surface area is 141 Å². The maximum Gasteiger partial charge on any atom is 0.229 e. The fourth-order valence-corrected chi connectivity index (χ4v) is 4.29. The van der Waals surface area contributed by atoms with Crippen LogP contribution in [0.1, 0.15) is 38.4 Å². The summed E-state index contributed by atoms with van der Waals surface area (Å²) in [6.07, 6.45) is 5.11. The van der Waals surface area contributed by atoms with Crippen LogP contribution in [0.15, 0.2) is 30.3 Å². The van der Waals surface area contributed by atoms with Crippen LogP contribution >= 0.6 is 0 Å². The molecule has 0 spiro atoms. The van der Waals surface area contributed by atoms with E-state index in [0.29, 0.717) is 18.0 Å². The molecule has 2 fully saturated rings. The minimum Gasteiger partial charge on any atom is -0.334 e. The lowest BCUT2D eigenvalue weighted by atomic mass is 10.1. The van der Waals surface area contributed by atoms with Crippen LogP contribution in [0.2, 0.25) is 0 Å². The van der Waals surface area contributed by atoms with Crippen molar-refractivity contribution in [3.8, 4) is 11.4 Å². The van der Waals surface area contributed by atoms with Gasteiger partial charge in [-0.3, -0.25) is 4.79 Å². The van der Waals surface area contributed by atoms with Gasteiger partial charge in [-0.1, -0.05) is 37.3 Å². The number of benzene rings is 1. The molecule has 2 atom stereocenters. The Morgan fingerprint density at radius 2 is 1.88 bits per heavy atom. The molecule has 3 aliphatic rings. The predicted molar refractivity (Wildman–Crippen MR) is 90.2 cm³/mol. The minimum atomic E-state index is -0.0895. The van der Waals surface area contributed by atoms with Crippen molar-refractivity contribution in [2.45, 2.75) is 57.7 Å². The van der Waals surface area contributed by atoms with Gasteiger partial charge in [0.15, 0.2) is 5.82 Å². The Hall–Kier alpha value is -2.17. The van der Waals surface area contributed by atoms with E-state index in [4.69, 9.17) is 0 Å². The van der Waals surface area contributed by atoms with E-state index >= 15 is 0 Å². The molecule has 1 aromatic carbocycles. The molecule has 2 aliphatic heterocycles. The molecule has 1 aromatic heterocycles. The summed E-state index contributed by atoms with van der Waals surface area (Å²) in [4.78, 5) is 15.2. The molecule has 2 unspecified atom stereocenters. The summed E-state index contributed by atoms with van der Waals surface area (Å²) in [5, 5.41) is 8.91. The maximum absolute atomic E-state index is 13.0. The van der Waals surface area contributed by atoms with Crippen molar-refractivity contribution >= 4 is 5.91 Å². The predicted octanol–water partition coefficient (Wildman–Crippen LogP) is 2.66. The highest BCUT2D eigenvalue weighted by atomic mass is 16.2. The first-order valence-electron chi connectivity index (χ1n) is 8.96. The Morgan fingerprint density at radius 3 is 2.62 bits per heavy atom. The van der Waals surface area contributed by atoms with Crippen LogP contribution in [-0.2, 0) is 17.8 Å². The summed E-state index contributed by atoms with van der Waals surface area (Å²) in [6.45, 7) is 2.94. The van der Waals surface area contributed by atoms with E-state index in [0.717, 1.165) is 55.9 Å². The highest BCUT2D eigenvalue weighted by molar-refractivity contribution is 5.85. The fourth-order valence-electron chi connectivity index (χ4n) is 4.29. The zero-order valence-electron chi connectivity index (χ0n) is 14.0. The van der Waals surface area contributed by atoms with E-state index < -0.39 is 0 Å². The lowest BCUT2D eigenvalue weighted by Gasteiger charge is -2.30. The van der Waals surface area contributed by atoms with Gasteiger partial charge in [-0.25, -0.2) is 0 Å². The number of hydrogen-bond donors (Lipinski definition) is 0. The number of hydrogen-bond acceptors (Lipinski definition) is 3. The lowest BCUT2D eigenvalue weighted by molar-refractivity contribution is -0.139. The maximum atomic E-state index is 13.0. The van der Waals surface area contributed by atoms with Gasteiger partial charge in [0, 0.05) is 30.0 Å². The van der Waals surface area contributed by atoms with Crippen molar-refractivity contribution < 1.29 is 4.79 Å². The Bertz CT molecular complexity index is 793. The van der Waals surface area contributed by atoms with E-state index in [-0.39, 0.29) is 5.41 Å². The number of aromatic nitrogens is 3. The molecule has 5 nitrogen and oxygen atoms in total. The smallest absolute Gasteiger partial charge is 0.229 e. The molecule has 0 radical (unpaired) electrons. The molecule has 1 aliphatic carbocycles. The van der Waals surface area contributed by atoms with Crippen molar-refractivity contribution in [3.63, 3.8) is 0 Å². The van der Waals surface area contributed by atoms with Crippen LogP contribution in [0.5, 0.6) is 0 Å². The van der Waals surface area contributed by atoms with Crippen molar-refractivity contribution in [1.82, 2.24) is 19.7 Å². The normalized spacial score (nSPS) is 26.8. The standard InChI is InChI=1S/C19H22N4O/c1-19(9-10-19)18(24)23-14-7-8-15(23)12-22-16(11-14)20-21-17(22)13-5-3-2-4-6-13/h2-6,14-15H,7-12H2,1H3. The van der Waals surface area contributed by atoms with Gasteiger partial charge in [-0.05, 0) is 25.7 Å². The van der Waals surface area contributed by atoms with Crippen LogP contribution < -0.4 is 0 Å². The Morgan fingerprint density at radius 1 is 1.12 bits per heavy atom. The lowest BCUT2D eigenvalue weighted by Crippen LogP contribution is -2.45. The summed E-state index contributed by atoms with van der Waals surface area (Å²) in [5.74, 6) is 2.33. The van der Waals surface area contributed by atoms with Gasteiger partial charge in [0.1, 0.15) is 5.82 Å².